The Bertz CT molecular complexity index is 484. The minimum Gasteiger partial charge on any atom is -0.495 e. The Balaban J connectivity index is 2.49. The lowest BCUT2D eigenvalue weighted by Gasteiger charge is -2.26. The first-order valence-corrected chi connectivity index (χ1v) is 5.89. The Morgan fingerprint density at radius 1 is 1.35 bits per heavy atom. The number of ether oxygens (including phenoxy) is 1. The van der Waals surface area contributed by atoms with E-state index in [9.17, 15) is 9.50 Å². The third kappa shape index (κ3) is 2.28. The number of hydrogen-bond acceptors (Lipinski definition) is 2. The lowest BCUT2D eigenvalue weighted by molar-refractivity contribution is 0.0316. The molecule has 0 bridgehead atoms. The van der Waals surface area contributed by atoms with Crippen molar-refractivity contribution in [1.29, 1.82) is 0 Å². The van der Waals surface area contributed by atoms with E-state index in [2.05, 4.69) is 0 Å². The van der Waals surface area contributed by atoms with Crippen LogP contribution in [0.4, 0.5) is 4.39 Å². The molecule has 1 aromatic rings. The van der Waals surface area contributed by atoms with E-state index in [1.807, 2.05) is 0 Å². The number of hydrogen-bond donors (Lipinski definition) is 1. The summed E-state index contributed by atoms with van der Waals surface area (Å²) in [6.07, 6.45) is 2.49. The lowest BCUT2D eigenvalue weighted by atomic mass is 9.93. The van der Waals surface area contributed by atoms with Gasteiger partial charge in [0.1, 0.15) is 17.2 Å². The summed E-state index contributed by atoms with van der Waals surface area (Å²) in [6.45, 7) is 2.03. The molecule has 1 atom stereocenters. The highest BCUT2D eigenvalue weighted by Gasteiger charge is 2.34. The summed E-state index contributed by atoms with van der Waals surface area (Å²) in [5.41, 5.74) is -1.20. The van der Waals surface area contributed by atoms with Gasteiger partial charge in [0.05, 0.1) is 11.6 Å². The third-order valence-electron chi connectivity index (χ3n) is 2.72. The largest absolute Gasteiger partial charge is 0.495 e. The number of rotatable bonds is 2. The van der Waals surface area contributed by atoms with Gasteiger partial charge in [0.15, 0.2) is 0 Å². The molecule has 1 aliphatic rings. The molecule has 2 nitrogen and oxygen atoms in total. The number of benzene rings is 1. The van der Waals surface area contributed by atoms with Gasteiger partial charge in [-0.3, -0.25) is 0 Å². The predicted molar refractivity (Wildman–Crippen MR) is 64.6 cm³/mol. The average molecular weight is 277 g/mol. The minimum atomic E-state index is -1.45. The molecular weight excluding hydrogens is 266 g/mol. The molecule has 1 N–H and O–H groups in total. The van der Waals surface area contributed by atoms with Crippen molar-refractivity contribution >= 4 is 23.2 Å². The van der Waals surface area contributed by atoms with Crippen molar-refractivity contribution in [1.82, 2.24) is 0 Å². The molecule has 5 heteroatoms. The van der Waals surface area contributed by atoms with E-state index in [1.165, 1.54) is 13.0 Å². The van der Waals surface area contributed by atoms with E-state index >= 15 is 0 Å². The quantitative estimate of drug-likeness (QED) is 0.836. The van der Waals surface area contributed by atoms with Crippen molar-refractivity contribution in [2.24, 2.45) is 0 Å². The second-order valence-corrected chi connectivity index (χ2v) is 4.84. The van der Waals surface area contributed by atoms with Crippen LogP contribution in [0.25, 0.3) is 0 Å². The second kappa shape index (κ2) is 4.48. The van der Waals surface area contributed by atoms with Crippen molar-refractivity contribution in [3.8, 4) is 0 Å². The number of halogens is 3. The van der Waals surface area contributed by atoms with Gasteiger partial charge in [-0.2, -0.15) is 0 Å². The monoisotopic (exact) mass is 276 g/mol. The van der Waals surface area contributed by atoms with E-state index in [0.29, 0.717) is 12.4 Å². The summed E-state index contributed by atoms with van der Waals surface area (Å²) in [7, 11) is 0. The molecule has 0 amide bonds. The van der Waals surface area contributed by atoms with E-state index in [-0.39, 0.29) is 15.6 Å². The Hall–Kier alpha value is -0.770. The molecule has 1 aliphatic heterocycles. The summed E-state index contributed by atoms with van der Waals surface area (Å²) in [4.78, 5) is 0. The summed E-state index contributed by atoms with van der Waals surface area (Å²) in [5.74, 6) is -0.230. The van der Waals surface area contributed by atoms with Crippen LogP contribution in [0.5, 0.6) is 0 Å². The predicted octanol–water partition coefficient (Wildman–Crippen LogP) is 3.64. The van der Waals surface area contributed by atoms with Gasteiger partial charge in [-0.25, -0.2) is 4.39 Å². The number of aliphatic hydroxyl groups is 1. The molecule has 17 heavy (non-hydrogen) atoms. The molecule has 0 aliphatic carbocycles. The van der Waals surface area contributed by atoms with Gasteiger partial charge in [-0.05, 0) is 25.1 Å². The minimum absolute atomic E-state index is 0.0733. The van der Waals surface area contributed by atoms with Gasteiger partial charge in [-0.1, -0.05) is 23.2 Å². The van der Waals surface area contributed by atoms with Crippen LogP contribution in [0, 0.1) is 5.82 Å². The molecule has 0 radical (unpaired) electrons. The maximum Gasteiger partial charge on any atom is 0.145 e. The van der Waals surface area contributed by atoms with E-state index < -0.39 is 11.4 Å². The summed E-state index contributed by atoms with van der Waals surface area (Å²) < 4.78 is 18.7. The van der Waals surface area contributed by atoms with Gasteiger partial charge in [0.25, 0.3) is 0 Å². The molecule has 0 saturated heterocycles. The lowest BCUT2D eigenvalue weighted by Crippen LogP contribution is -2.25. The van der Waals surface area contributed by atoms with Crippen LogP contribution in [0.2, 0.25) is 10.0 Å². The molecule has 2 rings (SSSR count). The van der Waals surface area contributed by atoms with Crippen LogP contribution in [0.15, 0.2) is 24.0 Å². The summed E-state index contributed by atoms with van der Waals surface area (Å²) in [6, 6.07) is 2.41. The van der Waals surface area contributed by atoms with Gasteiger partial charge in [0.2, 0.25) is 0 Å². The maximum atomic E-state index is 13.4. The molecule has 1 unspecified atom stereocenters. The maximum absolute atomic E-state index is 13.4. The smallest absolute Gasteiger partial charge is 0.145 e. The fourth-order valence-corrected chi connectivity index (χ4v) is 2.35. The zero-order valence-electron chi connectivity index (χ0n) is 9.14. The van der Waals surface area contributed by atoms with Gasteiger partial charge < -0.3 is 9.84 Å². The Labute approximate surface area is 109 Å². The van der Waals surface area contributed by atoms with Crippen molar-refractivity contribution in [3.05, 3.63) is 45.4 Å². The average Bonchev–Trinajstić information content (AvgIpc) is 2.77. The molecule has 0 saturated carbocycles. The van der Waals surface area contributed by atoms with Crippen LogP contribution in [-0.4, -0.2) is 11.7 Å². The van der Waals surface area contributed by atoms with Crippen molar-refractivity contribution in [3.63, 3.8) is 0 Å². The zero-order chi connectivity index (χ0) is 12.6. The Morgan fingerprint density at radius 2 is 2.06 bits per heavy atom. The first kappa shape index (κ1) is 12.7. The van der Waals surface area contributed by atoms with Crippen molar-refractivity contribution in [2.45, 2.75) is 18.9 Å². The normalized spacial score (nSPS) is 18.5. The molecule has 0 aromatic heterocycles. The molecule has 1 aromatic carbocycles. The summed E-state index contributed by atoms with van der Waals surface area (Å²) >= 11 is 11.6. The topological polar surface area (TPSA) is 29.5 Å². The molecule has 1 heterocycles. The highest BCUT2D eigenvalue weighted by Crippen LogP contribution is 2.38. The first-order chi connectivity index (χ1) is 7.93. The standard InChI is InChI=1S/C12H11Cl2FO2/c1-12(16,11-3-2-4-17-11)7-5-10(15)9(14)6-8(7)13/h3,5-6,16H,2,4H2,1H3. The van der Waals surface area contributed by atoms with E-state index in [4.69, 9.17) is 27.9 Å². The van der Waals surface area contributed by atoms with Crippen LogP contribution >= 0.6 is 23.2 Å². The van der Waals surface area contributed by atoms with E-state index in [1.54, 1.807) is 6.08 Å². The second-order valence-electron chi connectivity index (χ2n) is 4.02. The highest BCUT2D eigenvalue weighted by molar-refractivity contribution is 6.35. The SMILES string of the molecule is CC(O)(C1=CCCO1)c1cc(F)c(Cl)cc1Cl. The van der Waals surface area contributed by atoms with Gasteiger partial charge in [0, 0.05) is 17.0 Å². The zero-order valence-corrected chi connectivity index (χ0v) is 10.6. The Kier molecular flexibility index (Phi) is 3.34. The van der Waals surface area contributed by atoms with Crippen molar-refractivity contribution < 1.29 is 14.2 Å². The van der Waals surface area contributed by atoms with Crippen LogP contribution in [0.1, 0.15) is 18.9 Å². The van der Waals surface area contributed by atoms with Crippen LogP contribution in [0.3, 0.4) is 0 Å². The highest BCUT2D eigenvalue weighted by atomic mass is 35.5. The van der Waals surface area contributed by atoms with Crippen LogP contribution < -0.4 is 0 Å². The van der Waals surface area contributed by atoms with Gasteiger partial charge >= 0.3 is 0 Å². The molecule has 0 fully saturated rings. The van der Waals surface area contributed by atoms with Crippen molar-refractivity contribution in [2.75, 3.05) is 6.61 Å². The summed E-state index contributed by atoms with van der Waals surface area (Å²) in [5, 5.41) is 10.5. The van der Waals surface area contributed by atoms with Crippen LogP contribution in [-0.2, 0) is 10.3 Å². The third-order valence-corrected chi connectivity index (χ3v) is 3.32. The molecule has 92 valence electrons. The Morgan fingerprint density at radius 3 is 2.65 bits per heavy atom. The van der Waals surface area contributed by atoms with E-state index in [0.717, 1.165) is 12.5 Å². The fraction of sp³-hybridized carbons (Fsp3) is 0.333. The van der Waals surface area contributed by atoms with Gasteiger partial charge in [-0.15, -0.1) is 0 Å². The molecule has 0 spiro atoms. The molecular formula is C12H11Cl2FO2. The fourth-order valence-electron chi connectivity index (χ4n) is 1.79. The first-order valence-electron chi connectivity index (χ1n) is 5.13.